The Kier molecular flexibility index (Phi) is 3.89. The number of carbonyl (C=O) groups is 1. The topological polar surface area (TPSA) is 72.3 Å². The lowest BCUT2D eigenvalue weighted by Crippen LogP contribution is -2.32. The lowest BCUT2D eigenvalue weighted by molar-refractivity contribution is 0.0780. The molecule has 0 N–H and O–H groups in total. The molecule has 2 atom stereocenters. The highest BCUT2D eigenvalue weighted by Crippen LogP contribution is 2.46. The van der Waals surface area contributed by atoms with Gasteiger partial charge in [-0.05, 0) is 47.0 Å². The summed E-state index contributed by atoms with van der Waals surface area (Å²) < 4.78 is 40.9. The molecule has 8 heteroatoms. The average molecular weight is 411 g/mol. The summed E-state index contributed by atoms with van der Waals surface area (Å²) in [5.74, 6) is -0.809. The molecule has 0 saturated carbocycles. The maximum atomic E-state index is 13.2. The normalized spacial score (nSPS) is 21.8. The summed E-state index contributed by atoms with van der Waals surface area (Å²) in [4.78, 5) is 14.8. The fraction of sp³-hybridized carbons (Fsp3) is 0.238. The molecule has 1 saturated heterocycles. The number of carbonyl (C=O) groups excluding carboxylic acids is 1. The quantitative estimate of drug-likeness (QED) is 0.650. The van der Waals surface area contributed by atoms with Crippen LogP contribution >= 0.6 is 0 Å². The molecule has 1 amide bonds. The van der Waals surface area contributed by atoms with Gasteiger partial charge >= 0.3 is 0 Å². The Morgan fingerprint density at radius 2 is 1.79 bits per heavy atom. The summed E-state index contributed by atoms with van der Waals surface area (Å²) in [6, 6.07) is 13.0. The summed E-state index contributed by atoms with van der Waals surface area (Å²) >= 11 is 0. The van der Waals surface area contributed by atoms with Crippen molar-refractivity contribution in [3.05, 3.63) is 71.8 Å². The number of rotatable bonds is 2. The van der Waals surface area contributed by atoms with Gasteiger partial charge in [0.2, 0.25) is 0 Å². The molecule has 0 spiro atoms. The van der Waals surface area contributed by atoms with Crippen LogP contribution in [-0.2, 0) is 16.9 Å². The SMILES string of the molecule is Cn1nccc1C(=O)N1C[C@@H]2c3cc(-c4ccc(F)cc4)ccc3S(=O)(=O)[C@@H]2C1. The van der Waals surface area contributed by atoms with E-state index in [1.54, 1.807) is 48.5 Å². The van der Waals surface area contributed by atoms with Crippen molar-refractivity contribution in [2.75, 3.05) is 13.1 Å². The van der Waals surface area contributed by atoms with Crippen molar-refractivity contribution in [3.63, 3.8) is 0 Å². The number of likely N-dealkylation sites (tertiary alicyclic amines) is 1. The molecule has 3 heterocycles. The number of aromatic nitrogens is 2. The highest BCUT2D eigenvalue weighted by molar-refractivity contribution is 7.92. The van der Waals surface area contributed by atoms with E-state index in [-0.39, 0.29) is 24.2 Å². The van der Waals surface area contributed by atoms with Crippen molar-refractivity contribution < 1.29 is 17.6 Å². The minimum absolute atomic E-state index is 0.164. The van der Waals surface area contributed by atoms with E-state index in [4.69, 9.17) is 0 Å². The second-order valence-corrected chi connectivity index (χ2v) is 9.63. The van der Waals surface area contributed by atoms with E-state index in [0.717, 1.165) is 16.7 Å². The first-order chi connectivity index (χ1) is 13.9. The standard InChI is InChI=1S/C21H18FN3O3S/c1-24-18(8-9-23-24)21(26)25-11-17-16-10-14(13-2-5-15(22)6-3-13)4-7-19(16)29(27,28)20(17)12-25/h2-10,17,20H,11-12H2,1H3/t17-,20-/m1/s1. The summed E-state index contributed by atoms with van der Waals surface area (Å²) in [6.07, 6.45) is 1.55. The van der Waals surface area contributed by atoms with Gasteiger partial charge in [0.15, 0.2) is 9.84 Å². The maximum absolute atomic E-state index is 13.2. The summed E-state index contributed by atoms with van der Waals surface area (Å²) in [5, 5.41) is 3.38. The van der Waals surface area contributed by atoms with Crippen molar-refractivity contribution in [2.24, 2.45) is 7.05 Å². The third-order valence-corrected chi connectivity index (χ3v) is 8.14. The Morgan fingerprint density at radius 1 is 1.07 bits per heavy atom. The molecule has 2 aliphatic rings. The van der Waals surface area contributed by atoms with Gasteiger partial charge in [-0.25, -0.2) is 12.8 Å². The summed E-state index contributed by atoms with van der Waals surface area (Å²) in [6.45, 7) is 0.505. The number of halogens is 1. The second-order valence-electron chi connectivity index (χ2n) is 7.50. The predicted octanol–water partition coefficient (Wildman–Crippen LogP) is 2.62. The van der Waals surface area contributed by atoms with Gasteiger partial charge in [0, 0.05) is 32.3 Å². The number of benzene rings is 2. The van der Waals surface area contributed by atoms with E-state index >= 15 is 0 Å². The fourth-order valence-corrected chi connectivity index (χ4v) is 6.54. The Bertz CT molecular complexity index is 1230. The van der Waals surface area contributed by atoms with Crippen LogP contribution in [0, 0.1) is 5.82 Å². The number of hydrogen-bond acceptors (Lipinski definition) is 4. The Balaban J connectivity index is 1.52. The second kappa shape index (κ2) is 6.25. The molecule has 148 valence electrons. The first-order valence-corrected chi connectivity index (χ1v) is 10.8. The number of sulfone groups is 1. The average Bonchev–Trinajstić information content (AvgIpc) is 3.38. The monoisotopic (exact) mass is 411 g/mol. The van der Waals surface area contributed by atoms with Gasteiger partial charge in [0.25, 0.3) is 5.91 Å². The fourth-order valence-electron chi connectivity index (χ4n) is 4.38. The molecule has 0 aliphatic carbocycles. The Hall–Kier alpha value is -3.00. The first kappa shape index (κ1) is 18.1. The van der Waals surface area contributed by atoms with Crippen LogP contribution in [0.1, 0.15) is 22.0 Å². The highest BCUT2D eigenvalue weighted by atomic mass is 32.2. The van der Waals surface area contributed by atoms with Crippen molar-refractivity contribution in [3.8, 4) is 11.1 Å². The zero-order chi connectivity index (χ0) is 20.3. The van der Waals surface area contributed by atoms with Crippen LogP contribution in [0.2, 0.25) is 0 Å². The van der Waals surface area contributed by atoms with Crippen LogP contribution in [-0.4, -0.2) is 47.3 Å². The lowest BCUT2D eigenvalue weighted by atomic mass is 9.94. The number of amides is 1. The predicted molar refractivity (Wildman–Crippen MR) is 105 cm³/mol. The molecule has 0 bridgehead atoms. The van der Waals surface area contributed by atoms with Crippen molar-refractivity contribution in [1.82, 2.24) is 14.7 Å². The first-order valence-electron chi connectivity index (χ1n) is 9.27. The van der Waals surface area contributed by atoms with Crippen LogP contribution in [0.4, 0.5) is 4.39 Å². The molecular weight excluding hydrogens is 393 g/mol. The summed E-state index contributed by atoms with van der Waals surface area (Å²) in [7, 11) is -1.82. The van der Waals surface area contributed by atoms with Gasteiger partial charge in [0.05, 0.1) is 10.1 Å². The largest absolute Gasteiger partial charge is 0.335 e. The minimum Gasteiger partial charge on any atom is -0.335 e. The molecule has 0 radical (unpaired) electrons. The summed E-state index contributed by atoms with van der Waals surface area (Å²) in [5.41, 5.74) is 2.81. The van der Waals surface area contributed by atoms with E-state index < -0.39 is 15.1 Å². The van der Waals surface area contributed by atoms with Crippen molar-refractivity contribution in [2.45, 2.75) is 16.1 Å². The van der Waals surface area contributed by atoms with Crippen LogP contribution < -0.4 is 0 Å². The van der Waals surface area contributed by atoms with E-state index in [1.807, 2.05) is 6.07 Å². The van der Waals surface area contributed by atoms with Gasteiger partial charge in [-0.2, -0.15) is 5.10 Å². The van der Waals surface area contributed by atoms with Crippen LogP contribution in [0.25, 0.3) is 11.1 Å². The molecule has 29 heavy (non-hydrogen) atoms. The van der Waals surface area contributed by atoms with Gasteiger partial charge < -0.3 is 4.90 Å². The van der Waals surface area contributed by atoms with E-state index in [9.17, 15) is 17.6 Å². The van der Waals surface area contributed by atoms with E-state index in [1.165, 1.54) is 16.8 Å². The van der Waals surface area contributed by atoms with Gasteiger partial charge in [0.1, 0.15) is 11.5 Å². The Morgan fingerprint density at radius 3 is 2.48 bits per heavy atom. The maximum Gasteiger partial charge on any atom is 0.272 e. The molecule has 2 aromatic carbocycles. The van der Waals surface area contributed by atoms with Crippen LogP contribution in [0.15, 0.2) is 59.6 Å². The molecule has 1 aromatic heterocycles. The molecule has 0 unspecified atom stereocenters. The van der Waals surface area contributed by atoms with Gasteiger partial charge in [-0.15, -0.1) is 0 Å². The number of aryl methyl sites for hydroxylation is 1. The van der Waals surface area contributed by atoms with Crippen LogP contribution in [0.5, 0.6) is 0 Å². The number of hydrogen-bond donors (Lipinski definition) is 0. The van der Waals surface area contributed by atoms with Crippen molar-refractivity contribution in [1.29, 1.82) is 0 Å². The van der Waals surface area contributed by atoms with Gasteiger partial charge in [-0.1, -0.05) is 18.2 Å². The molecule has 3 aromatic rings. The van der Waals surface area contributed by atoms with Crippen molar-refractivity contribution >= 4 is 15.7 Å². The molecule has 1 fully saturated rings. The molecule has 6 nitrogen and oxygen atoms in total. The zero-order valence-corrected chi connectivity index (χ0v) is 16.4. The van der Waals surface area contributed by atoms with Gasteiger partial charge in [-0.3, -0.25) is 9.48 Å². The smallest absolute Gasteiger partial charge is 0.272 e. The van der Waals surface area contributed by atoms with E-state index in [2.05, 4.69) is 5.10 Å². The minimum atomic E-state index is -3.51. The molecule has 5 rings (SSSR count). The number of nitrogens with zero attached hydrogens (tertiary/aromatic N) is 3. The van der Waals surface area contributed by atoms with Crippen LogP contribution in [0.3, 0.4) is 0 Å². The highest BCUT2D eigenvalue weighted by Gasteiger charge is 2.51. The lowest BCUT2D eigenvalue weighted by Gasteiger charge is -2.18. The Labute approximate surface area is 167 Å². The zero-order valence-electron chi connectivity index (χ0n) is 15.6. The molecular formula is C21H18FN3O3S. The van der Waals surface area contributed by atoms with E-state index in [0.29, 0.717) is 17.1 Å². The molecule has 2 aliphatic heterocycles. The number of fused-ring (bicyclic) bond motifs is 3. The third kappa shape index (κ3) is 2.70. The third-order valence-electron chi connectivity index (χ3n) is 5.89.